The van der Waals surface area contributed by atoms with Crippen LogP contribution in [0.3, 0.4) is 0 Å². The fourth-order valence-corrected chi connectivity index (χ4v) is 1.48. The van der Waals surface area contributed by atoms with Gasteiger partial charge in [-0.2, -0.15) is 0 Å². The van der Waals surface area contributed by atoms with Gasteiger partial charge in [0.15, 0.2) is 5.96 Å². The molecule has 7 nitrogen and oxygen atoms in total. The summed E-state index contributed by atoms with van der Waals surface area (Å²) in [6.45, 7) is 10.8. The predicted octanol–water partition coefficient (Wildman–Crippen LogP) is 1.55. The number of nitrogens with zero attached hydrogens (tertiary/aromatic N) is 1. The molecule has 0 aliphatic rings. The summed E-state index contributed by atoms with van der Waals surface area (Å²) in [5.74, 6) is 0.262. The molecule has 23 heavy (non-hydrogen) atoms. The van der Waals surface area contributed by atoms with Crippen molar-refractivity contribution in [3.8, 4) is 0 Å². The quantitative estimate of drug-likeness (QED) is 0.175. The highest BCUT2D eigenvalue weighted by molar-refractivity contribution is 14.0. The molecule has 0 aliphatic carbocycles. The third kappa shape index (κ3) is 17.6. The number of rotatable bonds is 10. The summed E-state index contributed by atoms with van der Waals surface area (Å²) < 4.78 is 15.5. The molecule has 0 bridgehead atoms. The molecule has 0 unspecified atom stereocenters. The minimum absolute atomic E-state index is 0. The van der Waals surface area contributed by atoms with Crippen molar-refractivity contribution in [2.24, 2.45) is 4.99 Å². The van der Waals surface area contributed by atoms with Gasteiger partial charge in [-0.1, -0.05) is 0 Å². The lowest BCUT2D eigenvalue weighted by Gasteiger charge is -2.19. The van der Waals surface area contributed by atoms with Crippen LogP contribution in [0.15, 0.2) is 4.99 Å². The molecule has 0 aromatic rings. The zero-order valence-corrected chi connectivity index (χ0v) is 17.3. The molecule has 0 aromatic heterocycles. The van der Waals surface area contributed by atoms with E-state index in [0.29, 0.717) is 32.3 Å². The summed E-state index contributed by atoms with van der Waals surface area (Å²) in [6.07, 6.45) is 0.848. The Labute approximate surface area is 156 Å². The third-order valence-corrected chi connectivity index (χ3v) is 2.32. The van der Waals surface area contributed by atoms with Crippen molar-refractivity contribution in [1.82, 2.24) is 10.6 Å². The van der Waals surface area contributed by atoms with E-state index in [1.54, 1.807) is 7.11 Å². The summed E-state index contributed by atoms with van der Waals surface area (Å²) in [6, 6.07) is 0. The number of ether oxygens (including phenoxy) is 3. The minimum atomic E-state index is -0.488. The van der Waals surface area contributed by atoms with E-state index < -0.39 is 5.60 Å². The Morgan fingerprint density at radius 3 is 2.39 bits per heavy atom. The van der Waals surface area contributed by atoms with Crippen LogP contribution in [0.5, 0.6) is 0 Å². The Bertz CT molecular complexity index is 333. The van der Waals surface area contributed by atoms with Gasteiger partial charge in [0.25, 0.3) is 0 Å². The van der Waals surface area contributed by atoms with Gasteiger partial charge in [0.2, 0.25) is 0 Å². The molecule has 0 spiro atoms. The number of carbonyl (C=O) groups is 1. The second-order valence-electron chi connectivity index (χ2n) is 5.67. The Hall–Kier alpha value is -0.610. The lowest BCUT2D eigenvalue weighted by molar-refractivity contribution is -0.152. The molecule has 0 radical (unpaired) electrons. The van der Waals surface area contributed by atoms with E-state index in [1.807, 2.05) is 27.7 Å². The van der Waals surface area contributed by atoms with Gasteiger partial charge < -0.3 is 24.8 Å². The minimum Gasteiger partial charge on any atom is -0.459 e. The van der Waals surface area contributed by atoms with E-state index in [-0.39, 0.29) is 36.5 Å². The van der Waals surface area contributed by atoms with Crippen LogP contribution in [0.1, 0.15) is 34.1 Å². The van der Waals surface area contributed by atoms with Gasteiger partial charge >= 0.3 is 5.97 Å². The Morgan fingerprint density at radius 2 is 1.83 bits per heavy atom. The molecule has 8 heteroatoms. The zero-order chi connectivity index (χ0) is 16.8. The van der Waals surface area contributed by atoms with Crippen LogP contribution in [0.2, 0.25) is 0 Å². The van der Waals surface area contributed by atoms with Crippen molar-refractivity contribution in [2.75, 3.05) is 46.6 Å². The topological polar surface area (TPSA) is 81.2 Å². The average Bonchev–Trinajstić information content (AvgIpc) is 2.41. The van der Waals surface area contributed by atoms with Gasteiger partial charge in [-0.15, -0.1) is 24.0 Å². The first-order valence-electron chi connectivity index (χ1n) is 7.69. The monoisotopic (exact) mass is 445 g/mol. The maximum Gasteiger partial charge on any atom is 0.328 e. The van der Waals surface area contributed by atoms with Crippen LogP contribution in [0.4, 0.5) is 0 Å². The van der Waals surface area contributed by atoms with Crippen molar-refractivity contribution < 1.29 is 19.0 Å². The highest BCUT2D eigenvalue weighted by atomic mass is 127. The molecule has 0 atom stereocenters. The fourth-order valence-electron chi connectivity index (χ4n) is 1.48. The van der Waals surface area contributed by atoms with Crippen molar-refractivity contribution in [3.63, 3.8) is 0 Å². The van der Waals surface area contributed by atoms with Gasteiger partial charge in [0, 0.05) is 26.8 Å². The largest absolute Gasteiger partial charge is 0.459 e. The van der Waals surface area contributed by atoms with Crippen molar-refractivity contribution in [2.45, 2.75) is 39.7 Å². The number of nitrogens with one attached hydrogen (secondary N) is 2. The molecular weight excluding hydrogens is 413 g/mol. The average molecular weight is 445 g/mol. The molecule has 0 aromatic carbocycles. The van der Waals surface area contributed by atoms with Crippen LogP contribution in [0, 0.1) is 0 Å². The first kappa shape index (κ1) is 24.6. The van der Waals surface area contributed by atoms with Gasteiger partial charge in [-0.05, 0) is 34.1 Å². The fraction of sp³-hybridized carbons (Fsp3) is 0.867. The highest BCUT2D eigenvalue weighted by Crippen LogP contribution is 2.06. The molecule has 0 rings (SSSR count). The highest BCUT2D eigenvalue weighted by Gasteiger charge is 2.15. The lowest BCUT2D eigenvalue weighted by atomic mass is 10.2. The Kier molecular flexibility index (Phi) is 16.0. The van der Waals surface area contributed by atoms with E-state index in [0.717, 1.165) is 13.0 Å². The summed E-state index contributed by atoms with van der Waals surface area (Å²) in [4.78, 5) is 15.8. The maximum atomic E-state index is 11.6. The van der Waals surface area contributed by atoms with Crippen LogP contribution in [-0.2, 0) is 19.0 Å². The predicted molar refractivity (Wildman–Crippen MR) is 103 cm³/mol. The van der Waals surface area contributed by atoms with E-state index in [2.05, 4.69) is 15.6 Å². The maximum absolute atomic E-state index is 11.6. The smallest absolute Gasteiger partial charge is 0.328 e. The molecular formula is C15H32IN3O4. The second-order valence-corrected chi connectivity index (χ2v) is 5.67. The molecule has 138 valence electrons. The van der Waals surface area contributed by atoms with E-state index in [1.165, 1.54) is 0 Å². The second kappa shape index (κ2) is 14.9. The zero-order valence-electron chi connectivity index (χ0n) is 14.9. The molecule has 0 aliphatic heterocycles. The third-order valence-electron chi connectivity index (χ3n) is 2.32. The number of carbonyl (C=O) groups excluding carboxylic acids is 1. The molecule has 0 saturated heterocycles. The van der Waals surface area contributed by atoms with Gasteiger partial charge in [-0.25, -0.2) is 4.99 Å². The number of halogens is 1. The molecule has 0 heterocycles. The standard InChI is InChI=1S/C15H31N3O4.HI/c1-6-16-14(17-8-7-9-21-11-10-20-5)18-12-13(19)22-15(2,3)4;/h6-12H2,1-5H3,(H2,16,17,18);1H. The normalized spacial score (nSPS) is 11.6. The first-order valence-corrected chi connectivity index (χ1v) is 7.69. The van der Waals surface area contributed by atoms with Crippen LogP contribution >= 0.6 is 24.0 Å². The van der Waals surface area contributed by atoms with E-state index in [9.17, 15) is 4.79 Å². The van der Waals surface area contributed by atoms with Gasteiger partial charge in [0.05, 0.1) is 13.2 Å². The number of hydrogen-bond acceptors (Lipinski definition) is 5. The number of esters is 1. The van der Waals surface area contributed by atoms with E-state index in [4.69, 9.17) is 14.2 Å². The lowest BCUT2D eigenvalue weighted by Crippen LogP contribution is -2.38. The van der Waals surface area contributed by atoms with Gasteiger partial charge in [-0.3, -0.25) is 4.79 Å². The van der Waals surface area contributed by atoms with Crippen LogP contribution < -0.4 is 10.6 Å². The Morgan fingerprint density at radius 1 is 1.13 bits per heavy atom. The number of guanidine groups is 1. The molecule has 0 saturated carbocycles. The van der Waals surface area contributed by atoms with Crippen molar-refractivity contribution in [3.05, 3.63) is 0 Å². The summed E-state index contributed by atoms with van der Waals surface area (Å²) in [5.41, 5.74) is -0.488. The Balaban J connectivity index is 0. The molecule has 0 fully saturated rings. The number of methoxy groups -OCH3 is 1. The van der Waals surface area contributed by atoms with Crippen molar-refractivity contribution in [1.29, 1.82) is 0 Å². The molecule has 0 amide bonds. The van der Waals surface area contributed by atoms with Crippen molar-refractivity contribution >= 4 is 35.9 Å². The van der Waals surface area contributed by atoms with Crippen LogP contribution in [-0.4, -0.2) is 64.1 Å². The van der Waals surface area contributed by atoms with Crippen LogP contribution in [0.25, 0.3) is 0 Å². The SMILES string of the molecule is CCNC(=NCC(=O)OC(C)(C)C)NCCCOCCOC.I. The van der Waals surface area contributed by atoms with Gasteiger partial charge in [0.1, 0.15) is 12.1 Å². The summed E-state index contributed by atoms with van der Waals surface area (Å²) in [7, 11) is 1.65. The molecule has 2 N–H and O–H groups in total. The summed E-state index contributed by atoms with van der Waals surface area (Å²) >= 11 is 0. The number of aliphatic imine (C=N–C) groups is 1. The van der Waals surface area contributed by atoms with E-state index >= 15 is 0 Å². The number of hydrogen-bond donors (Lipinski definition) is 2. The summed E-state index contributed by atoms with van der Waals surface area (Å²) in [5, 5.41) is 6.23. The first-order chi connectivity index (χ1) is 10.4.